The number of benzene rings is 1. The van der Waals surface area contributed by atoms with E-state index >= 15 is 0 Å². The van der Waals surface area contributed by atoms with Gasteiger partial charge in [0, 0.05) is 31.5 Å². The van der Waals surface area contributed by atoms with Crippen molar-refractivity contribution in [2.75, 3.05) is 0 Å². The molecule has 0 aliphatic heterocycles. The van der Waals surface area contributed by atoms with Gasteiger partial charge in [-0.3, -0.25) is 4.98 Å². The number of hydrogen-bond acceptors (Lipinski definition) is 5. The van der Waals surface area contributed by atoms with Gasteiger partial charge in [-0.15, -0.1) is 10.2 Å². The van der Waals surface area contributed by atoms with Crippen LogP contribution in [0.4, 0.5) is 0 Å². The van der Waals surface area contributed by atoms with Crippen molar-refractivity contribution in [3.63, 3.8) is 0 Å². The molecular weight excluding hydrogens is 344 g/mol. The van der Waals surface area contributed by atoms with Crippen molar-refractivity contribution >= 4 is 22.8 Å². The number of aromatic nitrogens is 6. The first-order chi connectivity index (χ1) is 12.8. The number of fused-ring (bicyclic) bond motifs is 1. The number of nitrogens with zero attached hydrogens (tertiary/aromatic N) is 6. The van der Waals surface area contributed by atoms with Crippen LogP contribution in [0.1, 0.15) is 19.2 Å². The summed E-state index contributed by atoms with van der Waals surface area (Å²) in [6, 6.07) is 12.1. The Bertz CT molecular complexity index is 1020. The topological polar surface area (TPSA) is 61.4 Å². The number of imidazole rings is 1. The van der Waals surface area contributed by atoms with Crippen LogP contribution in [-0.2, 0) is 19.3 Å². The van der Waals surface area contributed by atoms with E-state index in [4.69, 9.17) is 4.98 Å². The fraction of sp³-hybridized carbons (Fsp3) is 0.263. The van der Waals surface area contributed by atoms with Gasteiger partial charge in [-0.05, 0) is 30.7 Å². The van der Waals surface area contributed by atoms with Crippen LogP contribution < -0.4 is 0 Å². The molecule has 0 atom stereocenters. The molecule has 0 aliphatic rings. The minimum atomic E-state index is 0.753. The highest BCUT2D eigenvalue weighted by molar-refractivity contribution is 7.98. The summed E-state index contributed by atoms with van der Waals surface area (Å²) in [5.74, 6) is 2.68. The molecule has 6 nitrogen and oxygen atoms in total. The standard InChI is InChI=1S/C19H20N6S/c1-3-12-25-18(14-8-10-20-11-9-14)22-23-19(25)26-13-17-21-15-6-4-5-7-16(15)24(17)2/h4-11H,3,12-13H2,1-2H3. The molecule has 0 unspecified atom stereocenters. The molecule has 7 heteroatoms. The van der Waals surface area contributed by atoms with Crippen molar-refractivity contribution < 1.29 is 0 Å². The van der Waals surface area contributed by atoms with Crippen molar-refractivity contribution in [3.8, 4) is 11.4 Å². The average molecular weight is 364 g/mol. The predicted molar refractivity (Wildman–Crippen MR) is 104 cm³/mol. The zero-order valence-electron chi connectivity index (χ0n) is 14.8. The maximum absolute atomic E-state index is 4.74. The van der Waals surface area contributed by atoms with Gasteiger partial charge in [0.25, 0.3) is 0 Å². The third-order valence-corrected chi connectivity index (χ3v) is 5.28. The van der Waals surface area contributed by atoms with E-state index in [9.17, 15) is 0 Å². The van der Waals surface area contributed by atoms with E-state index in [1.54, 1.807) is 24.2 Å². The maximum Gasteiger partial charge on any atom is 0.191 e. The van der Waals surface area contributed by atoms with Gasteiger partial charge in [0.15, 0.2) is 11.0 Å². The number of thioether (sulfide) groups is 1. The van der Waals surface area contributed by atoms with Gasteiger partial charge in [-0.2, -0.15) is 0 Å². The quantitative estimate of drug-likeness (QED) is 0.485. The van der Waals surface area contributed by atoms with E-state index in [-0.39, 0.29) is 0 Å². The van der Waals surface area contributed by atoms with Gasteiger partial charge < -0.3 is 9.13 Å². The van der Waals surface area contributed by atoms with E-state index in [1.807, 2.05) is 30.3 Å². The van der Waals surface area contributed by atoms with Crippen LogP contribution in [0.2, 0.25) is 0 Å². The average Bonchev–Trinajstić information content (AvgIpc) is 3.22. The lowest BCUT2D eigenvalue weighted by Gasteiger charge is -2.08. The minimum absolute atomic E-state index is 0.753. The lowest BCUT2D eigenvalue weighted by molar-refractivity contribution is 0.626. The molecule has 3 aromatic heterocycles. The summed E-state index contributed by atoms with van der Waals surface area (Å²) in [4.78, 5) is 8.83. The fourth-order valence-electron chi connectivity index (χ4n) is 2.99. The molecule has 0 spiro atoms. The Morgan fingerprint density at radius 3 is 2.62 bits per heavy atom. The summed E-state index contributed by atoms with van der Waals surface area (Å²) in [5.41, 5.74) is 3.21. The summed E-state index contributed by atoms with van der Waals surface area (Å²) < 4.78 is 4.33. The van der Waals surface area contributed by atoms with Gasteiger partial charge in [-0.25, -0.2) is 4.98 Å². The molecule has 3 heterocycles. The second-order valence-corrected chi connectivity index (χ2v) is 7.00. The maximum atomic E-state index is 4.74. The Morgan fingerprint density at radius 2 is 1.85 bits per heavy atom. The van der Waals surface area contributed by atoms with Crippen LogP contribution in [0.15, 0.2) is 53.9 Å². The second-order valence-electron chi connectivity index (χ2n) is 6.06. The highest BCUT2D eigenvalue weighted by atomic mass is 32.2. The smallest absolute Gasteiger partial charge is 0.191 e. The summed E-state index contributed by atoms with van der Waals surface area (Å²) in [6.07, 6.45) is 4.59. The van der Waals surface area contributed by atoms with Crippen LogP contribution in [0.25, 0.3) is 22.4 Å². The largest absolute Gasteiger partial charge is 0.330 e. The van der Waals surface area contributed by atoms with Gasteiger partial charge in [0.1, 0.15) is 5.82 Å². The van der Waals surface area contributed by atoms with Crippen molar-refractivity contribution in [3.05, 3.63) is 54.6 Å². The highest BCUT2D eigenvalue weighted by Gasteiger charge is 2.15. The van der Waals surface area contributed by atoms with Gasteiger partial charge in [-0.1, -0.05) is 30.8 Å². The highest BCUT2D eigenvalue weighted by Crippen LogP contribution is 2.27. The lowest BCUT2D eigenvalue weighted by atomic mass is 10.2. The van der Waals surface area contributed by atoms with Gasteiger partial charge in [0.05, 0.1) is 16.8 Å². The first-order valence-electron chi connectivity index (χ1n) is 8.64. The summed E-state index contributed by atoms with van der Waals surface area (Å²) in [5, 5.41) is 9.77. The molecule has 0 amide bonds. The number of rotatable bonds is 6. The van der Waals surface area contributed by atoms with Crippen LogP contribution in [0, 0.1) is 0 Å². The fourth-order valence-corrected chi connectivity index (χ4v) is 3.94. The van der Waals surface area contributed by atoms with E-state index in [2.05, 4.69) is 44.4 Å². The molecule has 26 heavy (non-hydrogen) atoms. The lowest BCUT2D eigenvalue weighted by Crippen LogP contribution is -2.03. The van der Waals surface area contributed by atoms with E-state index in [0.717, 1.165) is 52.1 Å². The third-order valence-electron chi connectivity index (χ3n) is 4.31. The zero-order chi connectivity index (χ0) is 17.9. The monoisotopic (exact) mass is 364 g/mol. The summed E-state index contributed by atoms with van der Waals surface area (Å²) in [7, 11) is 2.06. The second kappa shape index (κ2) is 7.29. The van der Waals surface area contributed by atoms with Gasteiger partial charge in [0.2, 0.25) is 0 Å². The molecule has 1 aromatic carbocycles. The zero-order valence-corrected chi connectivity index (χ0v) is 15.6. The number of aryl methyl sites for hydroxylation is 1. The molecule has 0 N–H and O–H groups in total. The van der Waals surface area contributed by atoms with Crippen LogP contribution in [0.5, 0.6) is 0 Å². The first kappa shape index (κ1) is 16.8. The summed E-state index contributed by atoms with van der Waals surface area (Å²) >= 11 is 1.68. The summed E-state index contributed by atoms with van der Waals surface area (Å²) in [6.45, 7) is 3.05. The van der Waals surface area contributed by atoms with Crippen LogP contribution in [-0.4, -0.2) is 29.3 Å². The molecular formula is C19H20N6S. The Kier molecular flexibility index (Phi) is 4.71. The normalized spacial score (nSPS) is 11.3. The SMILES string of the molecule is CCCn1c(SCc2nc3ccccc3n2C)nnc1-c1ccncc1. The first-order valence-corrected chi connectivity index (χ1v) is 9.63. The van der Waals surface area contributed by atoms with Crippen molar-refractivity contribution in [2.45, 2.75) is 30.8 Å². The molecule has 0 bridgehead atoms. The molecule has 0 aliphatic carbocycles. The Morgan fingerprint density at radius 1 is 1.04 bits per heavy atom. The minimum Gasteiger partial charge on any atom is -0.330 e. The van der Waals surface area contributed by atoms with Crippen molar-refractivity contribution in [1.82, 2.24) is 29.3 Å². The van der Waals surface area contributed by atoms with Gasteiger partial charge >= 0.3 is 0 Å². The molecule has 0 saturated heterocycles. The molecule has 4 aromatic rings. The Balaban J connectivity index is 1.61. The van der Waals surface area contributed by atoms with E-state index < -0.39 is 0 Å². The van der Waals surface area contributed by atoms with Crippen LogP contribution >= 0.6 is 11.8 Å². The predicted octanol–water partition coefficient (Wildman–Crippen LogP) is 3.93. The Hall–Kier alpha value is -2.67. The van der Waals surface area contributed by atoms with E-state index in [1.165, 1.54) is 0 Å². The number of pyridine rings is 1. The van der Waals surface area contributed by atoms with E-state index in [0.29, 0.717) is 0 Å². The number of hydrogen-bond donors (Lipinski definition) is 0. The molecule has 132 valence electrons. The molecule has 0 fully saturated rings. The van der Waals surface area contributed by atoms with Crippen LogP contribution in [0.3, 0.4) is 0 Å². The molecule has 4 rings (SSSR count). The Labute approximate surface area is 156 Å². The molecule has 0 saturated carbocycles. The third kappa shape index (κ3) is 3.10. The van der Waals surface area contributed by atoms with Crippen molar-refractivity contribution in [2.24, 2.45) is 7.05 Å². The van der Waals surface area contributed by atoms with Crippen molar-refractivity contribution in [1.29, 1.82) is 0 Å². The number of para-hydroxylation sites is 2. The molecule has 0 radical (unpaired) electrons.